The topological polar surface area (TPSA) is 46.1 Å². The number of hydrogen-bond acceptors (Lipinski definition) is 4. The van der Waals surface area contributed by atoms with Crippen LogP contribution < -0.4 is 10.6 Å². The Morgan fingerprint density at radius 3 is 2.34 bits per heavy atom. The smallest absolute Gasteiger partial charge is 0.191 e. The molecule has 2 aliphatic rings. The summed E-state index contributed by atoms with van der Waals surface area (Å²) in [5.41, 5.74) is 1.42. The van der Waals surface area contributed by atoms with Gasteiger partial charge in [0.05, 0.1) is 0 Å². The summed E-state index contributed by atoms with van der Waals surface area (Å²) in [6, 6.07) is 11.9. The molecule has 2 atom stereocenters. The number of aliphatic imine (C=N–C) groups is 1. The third-order valence-corrected chi connectivity index (χ3v) is 6.82. The second-order valence-electron chi connectivity index (χ2n) is 9.59. The van der Waals surface area contributed by atoms with Crippen LogP contribution in [0.2, 0.25) is 0 Å². The molecule has 0 amide bonds. The van der Waals surface area contributed by atoms with Crippen molar-refractivity contribution in [3.8, 4) is 0 Å². The SMILES string of the molecule is CN=C(NCCCCN1CCN(Cc2ccccc2)CC1)NC1CN(C(C)C)CC1C.I. The summed E-state index contributed by atoms with van der Waals surface area (Å²) in [4.78, 5) is 12.2. The fourth-order valence-corrected chi connectivity index (χ4v) is 4.66. The number of benzene rings is 1. The van der Waals surface area contributed by atoms with E-state index in [2.05, 4.69) is 81.4 Å². The van der Waals surface area contributed by atoms with E-state index in [0.29, 0.717) is 18.0 Å². The van der Waals surface area contributed by atoms with Gasteiger partial charge in [0.2, 0.25) is 0 Å². The van der Waals surface area contributed by atoms with Crippen molar-refractivity contribution in [1.29, 1.82) is 0 Å². The van der Waals surface area contributed by atoms with Crippen molar-refractivity contribution in [2.75, 3.05) is 59.4 Å². The first-order chi connectivity index (χ1) is 15.0. The number of nitrogens with one attached hydrogen (secondary N) is 2. The van der Waals surface area contributed by atoms with E-state index < -0.39 is 0 Å². The quantitative estimate of drug-likeness (QED) is 0.212. The zero-order chi connectivity index (χ0) is 22.1. The Labute approximate surface area is 213 Å². The maximum Gasteiger partial charge on any atom is 0.191 e. The Hall–Kier alpha value is -0.900. The van der Waals surface area contributed by atoms with Gasteiger partial charge < -0.3 is 15.5 Å². The molecule has 1 aromatic rings. The molecule has 0 aromatic heterocycles. The van der Waals surface area contributed by atoms with Gasteiger partial charge in [-0.1, -0.05) is 37.3 Å². The molecule has 0 radical (unpaired) electrons. The molecule has 2 saturated heterocycles. The van der Waals surface area contributed by atoms with E-state index in [1.165, 1.54) is 57.7 Å². The van der Waals surface area contributed by atoms with E-state index in [9.17, 15) is 0 Å². The first-order valence-electron chi connectivity index (χ1n) is 12.2. The summed E-state index contributed by atoms with van der Waals surface area (Å²) >= 11 is 0. The molecule has 2 N–H and O–H groups in total. The Morgan fingerprint density at radius 2 is 1.72 bits per heavy atom. The van der Waals surface area contributed by atoms with Crippen LogP contribution in [0, 0.1) is 5.92 Å². The number of unbranched alkanes of at least 4 members (excludes halogenated alkanes) is 1. The van der Waals surface area contributed by atoms with Crippen molar-refractivity contribution in [2.24, 2.45) is 10.9 Å². The minimum Gasteiger partial charge on any atom is -0.356 e. The largest absolute Gasteiger partial charge is 0.356 e. The summed E-state index contributed by atoms with van der Waals surface area (Å²) in [5, 5.41) is 7.17. The second-order valence-corrected chi connectivity index (χ2v) is 9.59. The summed E-state index contributed by atoms with van der Waals surface area (Å²) < 4.78 is 0. The van der Waals surface area contributed by atoms with Gasteiger partial charge in [0, 0.05) is 71.5 Å². The first-order valence-corrected chi connectivity index (χ1v) is 12.2. The third kappa shape index (κ3) is 8.80. The van der Waals surface area contributed by atoms with Crippen LogP contribution in [0.4, 0.5) is 0 Å². The lowest BCUT2D eigenvalue weighted by Gasteiger charge is -2.34. The van der Waals surface area contributed by atoms with Crippen LogP contribution in [-0.4, -0.2) is 92.1 Å². The summed E-state index contributed by atoms with van der Waals surface area (Å²) in [7, 11) is 1.88. The van der Waals surface area contributed by atoms with Gasteiger partial charge >= 0.3 is 0 Å². The number of likely N-dealkylation sites (tertiary alicyclic amines) is 1. The predicted molar refractivity (Wildman–Crippen MR) is 147 cm³/mol. The third-order valence-electron chi connectivity index (χ3n) is 6.82. The van der Waals surface area contributed by atoms with E-state index in [1.807, 2.05) is 7.05 Å². The highest BCUT2D eigenvalue weighted by molar-refractivity contribution is 14.0. The maximum absolute atomic E-state index is 4.45. The minimum atomic E-state index is 0. The van der Waals surface area contributed by atoms with Crippen LogP contribution >= 0.6 is 24.0 Å². The number of nitrogens with zero attached hydrogens (tertiary/aromatic N) is 4. The second kappa shape index (κ2) is 14.4. The number of rotatable bonds is 9. The fourth-order valence-electron chi connectivity index (χ4n) is 4.66. The summed E-state index contributed by atoms with van der Waals surface area (Å²) in [5.74, 6) is 1.61. The zero-order valence-electron chi connectivity index (χ0n) is 20.6. The first kappa shape index (κ1) is 27.3. The molecule has 2 unspecified atom stereocenters. The van der Waals surface area contributed by atoms with E-state index in [0.717, 1.165) is 25.6 Å². The van der Waals surface area contributed by atoms with Crippen molar-refractivity contribution < 1.29 is 0 Å². The van der Waals surface area contributed by atoms with E-state index in [4.69, 9.17) is 0 Å². The van der Waals surface area contributed by atoms with Gasteiger partial charge in [-0.15, -0.1) is 24.0 Å². The average Bonchev–Trinajstić information content (AvgIpc) is 3.15. The van der Waals surface area contributed by atoms with Crippen molar-refractivity contribution in [2.45, 2.75) is 52.2 Å². The molecule has 32 heavy (non-hydrogen) atoms. The highest BCUT2D eigenvalue weighted by Crippen LogP contribution is 2.18. The molecular weight excluding hydrogens is 511 g/mol. The molecule has 0 saturated carbocycles. The number of piperazine rings is 1. The van der Waals surface area contributed by atoms with Gasteiger partial charge in [-0.2, -0.15) is 0 Å². The number of hydrogen-bond donors (Lipinski definition) is 2. The molecule has 2 heterocycles. The van der Waals surface area contributed by atoms with Crippen LogP contribution in [-0.2, 0) is 6.54 Å². The lowest BCUT2D eigenvalue weighted by molar-refractivity contribution is 0.126. The molecular formula is C25H45IN6. The van der Waals surface area contributed by atoms with E-state index in [1.54, 1.807) is 0 Å². The lowest BCUT2D eigenvalue weighted by atomic mass is 10.1. The minimum absolute atomic E-state index is 0. The van der Waals surface area contributed by atoms with Crippen LogP contribution in [0.5, 0.6) is 0 Å². The highest BCUT2D eigenvalue weighted by Gasteiger charge is 2.31. The zero-order valence-corrected chi connectivity index (χ0v) is 22.9. The Balaban J connectivity index is 0.00000363. The Kier molecular flexibility index (Phi) is 12.3. The van der Waals surface area contributed by atoms with Crippen LogP contribution in [0.1, 0.15) is 39.2 Å². The van der Waals surface area contributed by atoms with Gasteiger partial charge in [-0.05, 0) is 44.7 Å². The van der Waals surface area contributed by atoms with E-state index >= 15 is 0 Å². The van der Waals surface area contributed by atoms with Gasteiger partial charge in [0.25, 0.3) is 0 Å². The summed E-state index contributed by atoms with van der Waals surface area (Å²) in [6.07, 6.45) is 2.42. The average molecular weight is 557 g/mol. The molecule has 0 bridgehead atoms. The maximum atomic E-state index is 4.45. The molecule has 2 aliphatic heterocycles. The lowest BCUT2D eigenvalue weighted by Crippen LogP contribution is -2.47. The van der Waals surface area contributed by atoms with Gasteiger partial charge in [0.15, 0.2) is 5.96 Å². The molecule has 2 fully saturated rings. The monoisotopic (exact) mass is 556 g/mol. The molecule has 0 aliphatic carbocycles. The number of halogens is 1. The van der Waals surface area contributed by atoms with Crippen LogP contribution in [0.25, 0.3) is 0 Å². The van der Waals surface area contributed by atoms with Crippen LogP contribution in [0.3, 0.4) is 0 Å². The fraction of sp³-hybridized carbons (Fsp3) is 0.720. The summed E-state index contributed by atoms with van der Waals surface area (Å²) in [6.45, 7) is 17.2. The Morgan fingerprint density at radius 1 is 1.03 bits per heavy atom. The molecule has 7 heteroatoms. The van der Waals surface area contributed by atoms with Crippen molar-refractivity contribution in [3.05, 3.63) is 35.9 Å². The molecule has 182 valence electrons. The normalized spacial score (nSPS) is 23.3. The van der Waals surface area contributed by atoms with E-state index in [-0.39, 0.29) is 24.0 Å². The number of guanidine groups is 1. The Bertz CT molecular complexity index is 660. The predicted octanol–water partition coefficient (Wildman–Crippen LogP) is 3.10. The van der Waals surface area contributed by atoms with Crippen molar-refractivity contribution >= 4 is 29.9 Å². The molecule has 0 spiro atoms. The molecule has 6 nitrogen and oxygen atoms in total. The standard InChI is InChI=1S/C25H44N6.HI/c1-21(2)31-18-22(3)24(20-31)28-25(26-4)27-12-8-9-13-29-14-16-30(17-15-29)19-23-10-6-5-7-11-23;/h5-7,10-11,21-22,24H,8-9,12-20H2,1-4H3,(H2,26,27,28);1H. The van der Waals surface area contributed by atoms with Gasteiger partial charge in [0.1, 0.15) is 0 Å². The van der Waals surface area contributed by atoms with Gasteiger partial charge in [-0.25, -0.2) is 0 Å². The van der Waals surface area contributed by atoms with Gasteiger partial charge in [-0.3, -0.25) is 14.8 Å². The van der Waals surface area contributed by atoms with Crippen molar-refractivity contribution in [3.63, 3.8) is 0 Å². The van der Waals surface area contributed by atoms with Crippen LogP contribution in [0.15, 0.2) is 35.3 Å². The molecule has 1 aromatic carbocycles. The van der Waals surface area contributed by atoms with Crippen molar-refractivity contribution in [1.82, 2.24) is 25.3 Å². The molecule has 3 rings (SSSR count). The highest BCUT2D eigenvalue weighted by atomic mass is 127.